The van der Waals surface area contributed by atoms with E-state index in [9.17, 15) is 10.1 Å². The van der Waals surface area contributed by atoms with Gasteiger partial charge in [-0.1, -0.05) is 48.5 Å². The Morgan fingerprint density at radius 3 is 2.37 bits per heavy atom. The highest BCUT2D eigenvalue weighted by Gasteiger charge is 2.16. The highest BCUT2D eigenvalue weighted by molar-refractivity contribution is 9.10. The molecular formula is C35H33BrN2O5. The molecule has 4 aromatic carbocycles. The molecule has 4 aromatic rings. The predicted molar refractivity (Wildman–Crippen MR) is 172 cm³/mol. The third-order valence-corrected chi connectivity index (χ3v) is 7.30. The summed E-state index contributed by atoms with van der Waals surface area (Å²) >= 11 is 3.56. The molecule has 0 aliphatic carbocycles. The third-order valence-electron chi connectivity index (χ3n) is 6.71. The summed E-state index contributed by atoms with van der Waals surface area (Å²) in [5.74, 6) is 1.72. The fourth-order valence-corrected chi connectivity index (χ4v) is 4.85. The van der Waals surface area contributed by atoms with Gasteiger partial charge in [0.1, 0.15) is 24.9 Å². The van der Waals surface area contributed by atoms with E-state index in [1.807, 2.05) is 93.6 Å². The maximum Gasteiger partial charge on any atom is 0.266 e. The van der Waals surface area contributed by atoms with Crippen LogP contribution in [0.15, 0.2) is 88.9 Å². The summed E-state index contributed by atoms with van der Waals surface area (Å²) < 4.78 is 24.2. The topological polar surface area (TPSA) is 89.8 Å². The van der Waals surface area contributed by atoms with Crippen LogP contribution in [0.3, 0.4) is 0 Å². The maximum atomic E-state index is 12.9. The van der Waals surface area contributed by atoms with E-state index in [-0.39, 0.29) is 12.2 Å². The number of amides is 1. The zero-order chi connectivity index (χ0) is 30.8. The first-order valence-electron chi connectivity index (χ1n) is 13.7. The number of aryl methyl sites for hydroxylation is 1. The van der Waals surface area contributed by atoms with Crippen molar-refractivity contribution in [3.63, 3.8) is 0 Å². The van der Waals surface area contributed by atoms with Gasteiger partial charge in [0.05, 0.1) is 18.2 Å². The zero-order valence-corrected chi connectivity index (χ0v) is 26.2. The minimum atomic E-state index is -0.493. The van der Waals surface area contributed by atoms with Crippen LogP contribution in [0.1, 0.15) is 34.7 Å². The number of nitriles is 1. The number of rotatable bonds is 12. The van der Waals surface area contributed by atoms with E-state index < -0.39 is 5.91 Å². The lowest BCUT2D eigenvalue weighted by Gasteiger charge is -2.16. The van der Waals surface area contributed by atoms with Crippen LogP contribution in [0.25, 0.3) is 6.08 Å². The number of carbonyl (C=O) groups is 1. The SMILES string of the molecule is CCOc1cc(COc2c(Br)cc(/C=C(/C#N)C(=O)Nc3cccc(C)c3C)cc2OC)ccc1OCc1ccccc1. The molecule has 43 heavy (non-hydrogen) atoms. The van der Waals surface area contributed by atoms with E-state index in [0.717, 1.165) is 22.3 Å². The number of halogens is 1. The first-order chi connectivity index (χ1) is 20.8. The fraction of sp³-hybridized carbons (Fsp3) is 0.200. The molecule has 220 valence electrons. The minimum Gasteiger partial charge on any atom is -0.493 e. The molecule has 0 fully saturated rings. The van der Waals surface area contributed by atoms with Crippen molar-refractivity contribution in [2.45, 2.75) is 34.0 Å². The fourth-order valence-electron chi connectivity index (χ4n) is 4.28. The summed E-state index contributed by atoms with van der Waals surface area (Å²) in [5, 5.41) is 12.6. The van der Waals surface area contributed by atoms with Crippen LogP contribution in [0.5, 0.6) is 23.0 Å². The van der Waals surface area contributed by atoms with Crippen molar-refractivity contribution in [2.75, 3.05) is 19.0 Å². The lowest BCUT2D eigenvalue weighted by molar-refractivity contribution is -0.112. The van der Waals surface area contributed by atoms with Crippen molar-refractivity contribution in [2.24, 2.45) is 0 Å². The molecule has 0 radical (unpaired) electrons. The first-order valence-corrected chi connectivity index (χ1v) is 14.5. The molecule has 0 aromatic heterocycles. The number of hydrogen-bond acceptors (Lipinski definition) is 6. The molecular weight excluding hydrogens is 608 g/mol. The third kappa shape index (κ3) is 8.18. The van der Waals surface area contributed by atoms with Gasteiger partial charge >= 0.3 is 0 Å². The van der Waals surface area contributed by atoms with Crippen LogP contribution in [0.4, 0.5) is 5.69 Å². The number of carbonyl (C=O) groups excluding carboxylic acids is 1. The average Bonchev–Trinajstić information content (AvgIpc) is 3.01. The van der Waals surface area contributed by atoms with Crippen molar-refractivity contribution in [3.05, 3.63) is 117 Å². The molecule has 7 nitrogen and oxygen atoms in total. The Bertz CT molecular complexity index is 1660. The molecule has 0 saturated heterocycles. The molecule has 0 atom stereocenters. The second-order valence-corrected chi connectivity index (χ2v) is 10.5. The molecule has 0 heterocycles. The molecule has 0 saturated carbocycles. The Hall–Kier alpha value is -4.74. The number of nitrogens with zero attached hydrogens (tertiary/aromatic N) is 1. The van der Waals surface area contributed by atoms with Crippen molar-refractivity contribution < 1.29 is 23.7 Å². The summed E-state index contributed by atoms with van der Waals surface area (Å²) in [6, 6.07) is 26.8. The summed E-state index contributed by atoms with van der Waals surface area (Å²) in [5.41, 5.74) is 5.16. The summed E-state index contributed by atoms with van der Waals surface area (Å²) in [6.07, 6.45) is 1.51. The smallest absolute Gasteiger partial charge is 0.266 e. The van der Waals surface area contributed by atoms with Crippen molar-refractivity contribution in [1.29, 1.82) is 5.26 Å². The molecule has 0 aliphatic rings. The van der Waals surface area contributed by atoms with Gasteiger partial charge in [-0.25, -0.2) is 0 Å². The monoisotopic (exact) mass is 640 g/mol. The van der Waals surface area contributed by atoms with E-state index in [4.69, 9.17) is 18.9 Å². The van der Waals surface area contributed by atoms with Gasteiger partial charge in [-0.15, -0.1) is 0 Å². The Kier molecular flexibility index (Phi) is 10.8. The molecule has 0 spiro atoms. The van der Waals surface area contributed by atoms with Crippen LogP contribution in [0, 0.1) is 25.2 Å². The van der Waals surface area contributed by atoms with E-state index in [0.29, 0.717) is 51.9 Å². The normalized spacial score (nSPS) is 10.9. The number of anilines is 1. The number of nitrogens with one attached hydrogen (secondary N) is 1. The Balaban J connectivity index is 1.49. The van der Waals surface area contributed by atoms with Gasteiger partial charge in [0.2, 0.25) is 0 Å². The van der Waals surface area contributed by atoms with Gasteiger partial charge in [-0.2, -0.15) is 5.26 Å². The Morgan fingerprint density at radius 1 is 0.884 bits per heavy atom. The van der Waals surface area contributed by atoms with Crippen LogP contribution < -0.4 is 24.3 Å². The standard InChI is InChI=1S/C35H33BrN2O5/c1-5-41-32-18-26(14-15-31(32)42-21-25-11-7-6-8-12-25)22-43-34-29(36)17-27(19-33(34)40-4)16-28(20-37)35(39)38-30-13-9-10-23(2)24(30)3/h6-19H,5,21-22H2,1-4H3,(H,38,39)/b28-16-. The molecule has 4 rings (SSSR count). The van der Waals surface area contributed by atoms with Gasteiger partial charge < -0.3 is 24.3 Å². The van der Waals surface area contributed by atoms with Crippen LogP contribution in [0.2, 0.25) is 0 Å². The molecule has 1 amide bonds. The van der Waals surface area contributed by atoms with Gasteiger partial charge in [-0.05, 0) is 101 Å². The highest BCUT2D eigenvalue weighted by Crippen LogP contribution is 2.38. The largest absolute Gasteiger partial charge is 0.493 e. The lowest BCUT2D eigenvalue weighted by Crippen LogP contribution is -2.14. The van der Waals surface area contributed by atoms with Gasteiger partial charge in [-0.3, -0.25) is 4.79 Å². The van der Waals surface area contributed by atoms with E-state index in [2.05, 4.69) is 21.2 Å². The average molecular weight is 642 g/mol. The second kappa shape index (κ2) is 14.9. The van der Waals surface area contributed by atoms with Crippen molar-refractivity contribution in [1.82, 2.24) is 0 Å². The van der Waals surface area contributed by atoms with E-state index in [1.54, 1.807) is 12.1 Å². The molecule has 0 unspecified atom stereocenters. The molecule has 1 N–H and O–H groups in total. The van der Waals surface area contributed by atoms with Gasteiger partial charge in [0.25, 0.3) is 5.91 Å². The van der Waals surface area contributed by atoms with Crippen LogP contribution >= 0.6 is 15.9 Å². The lowest BCUT2D eigenvalue weighted by atomic mass is 10.1. The maximum absolute atomic E-state index is 12.9. The van der Waals surface area contributed by atoms with Crippen LogP contribution in [-0.4, -0.2) is 19.6 Å². The minimum absolute atomic E-state index is 0.0402. The quantitative estimate of drug-likeness (QED) is 0.124. The number of ether oxygens (including phenoxy) is 4. The van der Waals surface area contributed by atoms with E-state index in [1.165, 1.54) is 13.2 Å². The number of hydrogen-bond donors (Lipinski definition) is 1. The number of methoxy groups -OCH3 is 1. The molecule has 0 aliphatic heterocycles. The summed E-state index contributed by atoms with van der Waals surface area (Å²) in [4.78, 5) is 12.9. The number of benzene rings is 4. The Labute approximate surface area is 260 Å². The zero-order valence-electron chi connectivity index (χ0n) is 24.6. The molecule has 8 heteroatoms. The van der Waals surface area contributed by atoms with Crippen molar-refractivity contribution >= 4 is 33.6 Å². The van der Waals surface area contributed by atoms with E-state index >= 15 is 0 Å². The first kappa shape index (κ1) is 31.2. The Morgan fingerprint density at radius 2 is 1.65 bits per heavy atom. The summed E-state index contributed by atoms with van der Waals surface area (Å²) in [7, 11) is 1.53. The van der Waals surface area contributed by atoms with Crippen molar-refractivity contribution in [3.8, 4) is 29.1 Å². The van der Waals surface area contributed by atoms with Gasteiger partial charge in [0, 0.05) is 5.69 Å². The van der Waals surface area contributed by atoms with Gasteiger partial charge in [0.15, 0.2) is 23.0 Å². The van der Waals surface area contributed by atoms with Crippen LogP contribution in [-0.2, 0) is 18.0 Å². The summed E-state index contributed by atoms with van der Waals surface area (Å²) in [6.45, 7) is 6.98. The molecule has 0 bridgehead atoms. The predicted octanol–water partition coefficient (Wildman–Crippen LogP) is 8.18. The second-order valence-electron chi connectivity index (χ2n) is 9.68. The highest BCUT2D eigenvalue weighted by atomic mass is 79.9.